The van der Waals surface area contributed by atoms with Crippen molar-refractivity contribution >= 4 is 17.7 Å². The van der Waals surface area contributed by atoms with E-state index in [1.54, 1.807) is 25.1 Å². The number of amides is 1. The lowest BCUT2D eigenvalue weighted by Crippen LogP contribution is -2.53. The molecule has 0 saturated heterocycles. The van der Waals surface area contributed by atoms with Gasteiger partial charge in [0, 0.05) is 11.6 Å². The van der Waals surface area contributed by atoms with E-state index >= 15 is 0 Å². The molecule has 2 aliphatic rings. The highest BCUT2D eigenvalue weighted by Crippen LogP contribution is 2.41. The number of benzene rings is 2. The van der Waals surface area contributed by atoms with Crippen molar-refractivity contribution in [2.75, 3.05) is 31.8 Å². The lowest BCUT2D eigenvalue weighted by atomic mass is 9.90. The van der Waals surface area contributed by atoms with Crippen LogP contribution in [0.5, 0.6) is 5.75 Å². The van der Waals surface area contributed by atoms with Crippen LogP contribution < -0.4 is 20.5 Å². The van der Waals surface area contributed by atoms with E-state index in [0.717, 1.165) is 5.12 Å². The maximum Gasteiger partial charge on any atom is 0.416 e. The minimum Gasteiger partial charge on any atom is -0.497 e. The van der Waals surface area contributed by atoms with Crippen LogP contribution >= 0.6 is 0 Å². The van der Waals surface area contributed by atoms with E-state index in [-0.39, 0.29) is 36.8 Å². The van der Waals surface area contributed by atoms with Crippen LogP contribution in [0, 0.1) is 0 Å². The fourth-order valence-electron chi connectivity index (χ4n) is 5.22. The number of guanidine groups is 1. The first-order valence-corrected chi connectivity index (χ1v) is 14.1. The molecular formula is C28H34F6N6O5. The Morgan fingerprint density at radius 1 is 1.11 bits per heavy atom. The maximum atomic E-state index is 13.6. The molecule has 4 N–H and O–H groups in total. The lowest BCUT2D eigenvalue weighted by molar-refractivity contribution is -0.143. The van der Waals surface area contributed by atoms with Crippen molar-refractivity contribution in [2.45, 2.75) is 63.8 Å². The molecule has 1 unspecified atom stereocenters. The van der Waals surface area contributed by atoms with Crippen LogP contribution in [0.25, 0.3) is 0 Å². The van der Waals surface area contributed by atoms with E-state index in [4.69, 9.17) is 9.47 Å². The van der Waals surface area contributed by atoms with E-state index in [9.17, 15) is 41.4 Å². The van der Waals surface area contributed by atoms with Crippen molar-refractivity contribution in [3.05, 3.63) is 58.7 Å². The Hall–Kier alpha value is -3.96. The summed E-state index contributed by atoms with van der Waals surface area (Å²) in [6, 6.07) is 5.41. The van der Waals surface area contributed by atoms with Crippen LogP contribution in [-0.4, -0.2) is 71.4 Å². The van der Waals surface area contributed by atoms with Gasteiger partial charge in [-0.05, 0) is 61.7 Å². The molecule has 3 atom stereocenters. The van der Waals surface area contributed by atoms with Crippen LogP contribution in [0.3, 0.4) is 0 Å². The third kappa shape index (κ3) is 7.65. The van der Waals surface area contributed by atoms with Gasteiger partial charge in [-0.2, -0.15) is 26.3 Å². The summed E-state index contributed by atoms with van der Waals surface area (Å²) in [5.41, 5.74) is 0.409. The summed E-state index contributed by atoms with van der Waals surface area (Å²) in [6.07, 6.45) is -11.1. The third-order valence-corrected chi connectivity index (χ3v) is 7.36. The lowest BCUT2D eigenvalue weighted by Gasteiger charge is -2.41. The summed E-state index contributed by atoms with van der Waals surface area (Å²) in [6.45, 7) is 2.19. The van der Waals surface area contributed by atoms with E-state index in [0.29, 0.717) is 42.0 Å². The van der Waals surface area contributed by atoms with Crippen LogP contribution in [0.2, 0.25) is 0 Å². The minimum absolute atomic E-state index is 0.00400. The molecule has 17 heteroatoms. The largest absolute Gasteiger partial charge is 0.497 e. The molecular weight excluding hydrogens is 614 g/mol. The number of hydrazine groups is 2. The van der Waals surface area contributed by atoms with Crippen molar-refractivity contribution in [2.24, 2.45) is 5.10 Å². The zero-order chi connectivity index (χ0) is 33.1. The molecule has 0 aliphatic carbocycles. The van der Waals surface area contributed by atoms with Gasteiger partial charge in [0.1, 0.15) is 5.75 Å². The number of methoxy groups -OCH3 is 1. The van der Waals surface area contributed by atoms with Gasteiger partial charge in [-0.15, -0.1) is 10.2 Å². The number of nitrogens with zero attached hydrogens (tertiary/aromatic N) is 4. The summed E-state index contributed by atoms with van der Waals surface area (Å²) in [7, 11) is 1.46. The molecule has 11 nitrogen and oxygen atoms in total. The number of carbonyl (C=O) groups excluding carboxylic acids is 1. The standard InChI is InChI=1S/C28H34F6N6O5/c1-4-19-11-23(22-12-21(44-3)6-7-24(22)40(19)26(43)45-5-2)35-25-36-37-39(14-20(42)15-41)38(25)13-16-8-17(27(29,30)31)10-18(9-16)28(32,33)34/h6-10,12,19-20,23,37,41-42H,4-5,11,13-15H2,1-3H3,(H,35,36)/t19-,20?,23+/m1/s1. The van der Waals surface area contributed by atoms with Gasteiger partial charge < -0.3 is 25.0 Å². The summed E-state index contributed by atoms with van der Waals surface area (Å²) >= 11 is 0. The van der Waals surface area contributed by atoms with E-state index in [2.05, 4.69) is 16.0 Å². The number of halogens is 6. The first-order valence-electron chi connectivity index (χ1n) is 14.1. The summed E-state index contributed by atoms with van der Waals surface area (Å²) in [5, 5.41) is 29.3. The number of carbonyl (C=O) groups is 1. The Morgan fingerprint density at radius 3 is 2.33 bits per heavy atom. The maximum absolute atomic E-state index is 13.6. The first-order chi connectivity index (χ1) is 21.2. The molecule has 45 heavy (non-hydrogen) atoms. The predicted molar refractivity (Wildman–Crippen MR) is 149 cm³/mol. The van der Waals surface area contributed by atoms with Crippen molar-refractivity contribution in [3.8, 4) is 5.75 Å². The second kappa shape index (κ2) is 13.6. The summed E-state index contributed by atoms with van der Waals surface area (Å²) < 4.78 is 92.2. The number of fused-ring (bicyclic) bond motifs is 1. The van der Waals surface area contributed by atoms with E-state index in [1.165, 1.54) is 17.0 Å². The molecule has 2 aromatic carbocycles. The van der Waals surface area contributed by atoms with Gasteiger partial charge in [-0.3, -0.25) is 9.91 Å². The highest BCUT2D eigenvalue weighted by Gasteiger charge is 2.40. The average Bonchev–Trinajstić information content (AvgIpc) is 3.35. The van der Waals surface area contributed by atoms with Gasteiger partial charge in [-0.25, -0.2) is 10.3 Å². The number of β-amino-alcohol motifs (C(OH)–C–C–N with tert-alkyl or cyclic N) is 1. The number of nitrogens with one attached hydrogen (secondary N) is 2. The van der Waals surface area contributed by atoms with Crippen molar-refractivity contribution in [1.82, 2.24) is 21.0 Å². The molecule has 1 amide bonds. The monoisotopic (exact) mass is 648 g/mol. The molecule has 0 bridgehead atoms. The van der Waals surface area contributed by atoms with Gasteiger partial charge in [0.15, 0.2) is 0 Å². The topological polar surface area (TPSA) is 122 Å². The van der Waals surface area contributed by atoms with Gasteiger partial charge in [0.25, 0.3) is 0 Å². The number of anilines is 1. The van der Waals surface area contributed by atoms with Crippen LogP contribution in [0.15, 0.2) is 41.5 Å². The molecule has 2 aliphatic heterocycles. The number of ether oxygens (including phenoxy) is 2. The third-order valence-electron chi connectivity index (χ3n) is 7.36. The normalized spacial score (nSPS) is 19.5. The number of rotatable bonds is 9. The second-order valence-electron chi connectivity index (χ2n) is 10.4. The Balaban J connectivity index is 1.73. The number of hydrazone groups is 1. The van der Waals surface area contributed by atoms with Crippen molar-refractivity contribution in [3.63, 3.8) is 0 Å². The van der Waals surface area contributed by atoms with Gasteiger partial charge in [0.2, 0.25) is 5.96 Å². The average molecular weight is 649 g/mol. The Kier molecular flexibility index (Phi) is 10.2. The molecule has 4 rings (SSSR count). The Morgan fingerprint density at radius 2 is 1.78 bits per heavy atom. The van der Waals surface area contributed by atoms with Crippen molar-refractivity contribution in [1.29, 1.82) is 0 Å². The Bertz CT molecular complexity index is 1360. The molecule has 2 heterocycles. The van der Waals surface area contributed by atoms with E-state index in [1.807, 2.05) is 6.92 Å². The van der Waals surface area contributed by atoms with Gasteiger partial charge >= 0.3 is 18.4 Å². The zero-order valence-electron chi connectivity index (χ0n) is 24.6. The summed E-state index contributed by atoms with van der Waals surface area (Å²) in [5.74, 6) is 0.475. The second-order valence-corrected chi connectivity index (χ2v) is 10.4. The van der Waals surface area contributed by atoms with Crippen LogP contribution in [0.1, 0.15) is 55.0 Å². The summed E-state index contributed by atoms with van der Waals surface area (Å²) in [4.78, 5) is 14.5. The quantitative estimate of drug-likeness (QED) is 0.294. The van der Waals surface area contributed by atoms with E-state index < -0.39 is 54.9 Å². The fraction of sp³-hybridized carbons (Fsp3) is 0.500. The SMILES string of the molecule is CCOC(=O)N1c2ccc(OC)cc2[C@@H](NC2=NNN(CC(O)CO)N2Cc2cc(C(F)(F)F)cc(C(F)(F)F)c2)C[C@H]1CC. The Labute approximate surface area is 254 Å². The predicted octanol–water partition coefficient (Wildman–Crippen LogP) is 4.37. The van der Waals surface area contributed by atoms with Crippen LogP contribution in [-0.2, 0) is 23.6 Å². The highest BCUT2D eigenvalue weighted by atomic mass is 19.4. The van der Waals surface area contributed by atoms with Gasteiger partial charge in [-0.1, -0.05) is 6.92 Å². The number of aliphatic hydroxyl groups is 2. The smallest absolute Gasteiger partial charge is 0.416 e. The zero-order valence-corrected chi connectivity index (χ0v) is 24.6. The number of aliphatic hydroxyl groups excluding tert-OH is 2. The fourth-order valence-corrected chi connectivity index (χ4v) is 5.22. The first kappa shape index (κ1) is 33.9. The van der Waals surface area contributed by atoms with Crippen molar-refractivity contribution < 1.29 is 50.8 Å². The molecule has 248 valence electrons. The molecule has 0 saturated carbocycles. The number of alkyl halides is 6. The molecule has 2 aromatic rings. The van der Waals surface area contributed by atoms with Gasteiger partial charge in [0.05, 0.1) is 62.4 Å². The van der Waals surface area contributed by atoms with Crippen LogP contribution in [0.4, 0.5) is 36.8 Å². The molecule has 0 spiro atoms. The molecule has 0 aromatic heterocycles. The molecule has 0 radical (unpaired) electrons. The minimum atomic E-state index is -5.05. The number of hydrogen-bond acceptors (Lipinski definition) is 10. The molecule has 0 fully saturated rings. The number of hydrogen-bond donors (Lipinski definition) is 4. The highest BCUT2D eigenvalue weighted by molar-refractivity contribution is 5.91.